The molecule has 0 unspecified atom stereocenters. The van der Waals surface area contributed by atoms with Gasteiger partial charge in [0.05, 0.1) is 4.87 Å². The molecule has 2 amide bonds. The third-order valence-electron chi connectivity index (χ3n) is 5.31. The molecular weight excluding hydrogens is 332 g/mol. The van der Waals surface area contributed by atoms with Gasteiger partial charge in [0.25, 0.3) is 0 Å². The Labute approximate surface area is 154 Å². The molecule has 0 saturated carbocycles. The van der Waals surface area contributed by atoms with E-state index in [1.807, 2.05) is 48.7 Å². The van der Waals surface area contributed by atoms with E-state index in [2.05, 4.69) is 17.0 Å². The summed E-state index contributed by atoms with van der Waals surface area (Å²) >= 11 is 1.91. The van der Waals surface area contributed by atoms with Crippen molar-refractivity contribution in [3.63, 3.8) is 0 Å². The summed E-state index contributed by atoms with van der Waals surface area (Å²) in [6.07, 6.45) is 3.16. The number of amides is 2. The lowest BCUT2D eigenvalue weighted by Crippen LogP contribution is -2.54. The second-order valence-electron chi connectivity index (χ2n) is 7.31. The summed E-state index contributed by atoms with van der Waals surface area (Å²) in [4.78, 5) is 29.1. The summed E-state index contributed by atoms with van der Waals surface area (Å²) < 4.78 is 0. The summed E-state index contributed by atoms with van der Waals surface area (Å²) in [6, 6.07) is 10.2. The van der Waals surface area contributed by atoms with Crippen molar-refractivity contribution in [2.75, 3.05) is 25.4 Å². The Kier molecular flexibility index (Phi) is 5.72. The van der Waals surface area contributed by atoms with E-state index < -0.39 is 0 Å². The molecule has 0 N–H and O–H groups in total. The van der Waals surface area contributed by atoms with Gasteiger partial charge < -0.3 is 9.80 Å². The van der Waals surface area contributed by atoms with E-state index in [4.69, 9.17) is 0 Å². The number of aryl methyl sites for hydroxylation is 1. The quantitative estimate of drug-likeness (QED) is 0.828. The molecule has 4 nitrogen and oxygen atoms in total. The van der Waals surface area contributed by atoms with Crippen LogP contribution < -0.4 is 0 Å². The molecule has 3 rings (SSSR count). The van der Waals surface area contributed by atoms with E-state index in [-0.39, 0.29) is 22.6 Å². The standard InChI is InChI=1S/C20H28N2O2S/c1-16(2)19(24)22-14-15-25-20(22)10-12-21(13-11-20)18(23)9-8-17-6-4-3-5-7-17/h3-7,16H,8-15H2,1-2H3. The zero-order valence-electron chi connectivity index (χ0n) is 15.2. The van der Waals surface area contributed by atoms with Gasteiger partial charge in [-0.3, -0.25) is 9.59 Å². The van der Waals surface area contributed by atoms with Gasteiger partial charge in [-0.05, 0) is 24.8 Å². The molecule has 5 heteroatoms. The van der Waals surface area contributed by atoms with Gasteiger partial charge in [-0.2, -0.15) is 0 Å². The number of hydrogen-bond acceptors (Lipinski definition) is 3. The molecular formula is C20H28N2O2S. The van der Waals surface area contributed by atoms with Crippen LogP contribution in [0.5, 0.6) is 0 Å². The lowest BCUT2D eigenvalue weighted by molar-refractivity contribution is -0.139. The van der Waals surface area contributed by atoms with Crippen molar-refractivity contribution in [2.24, 2.45) is 5.92 Å². The van der Waals surface area contributed by atoms with Gasteiger partial charge in [0.2, 0.25) is 11.8 Å². The van der Waals surface area contributed by atoms with E-state index >= 15 is 0 Å². The number of carbonyl (C=O) groups is 2. The smallest absolute Gasteiger partial charge is 0.226 e. The van der Waals surface area contributed by atoms with E-state index in [0.29, 0.717) is 6.42 Å². The number of hydrogen-bond donors (Lipinski definition) is 0. The van der Waals surface area contributed by atoms with Gasteiger partial charge in [-0.1, -0.05) is 44.2 Å². The third kappa shape index (κ3) is 4.02. The van der Waals surface area contributed by atoms with E-state index in [1.54, 1.807) is 0 Å². The molecule has 0 radical (unpaired) electrons. The summed E-state index contributed by atoms with van der Waals surface area (Å²) in [5.41, 5.74) is 1.21. The van der Waals surface area contributed by atoms with Gasteiger partial charge in [0, 0.05) is 37.7 Å². The largest absolute Gasteiger partial charge is 0.342 e. The Morgan fingerprint density at radius 2 is 1.80 bits per heavy atom. The Hall–Kier alpha value is -1.49. The van der Waals surface area contributed by atoms with E-state index in [0.717, 1.165) is 44.6 Å². The van der Waals surface area contributed by atoms with Gasteiger partial charge in [0.1, 0.15) is 0 Å². The average molecular weight is 361 g/mol. The highest BCUT2D eigenvalue weighted by molar-refractivity contribution is 8.00. The second kappa shape index (κ2) is 7.81. The first-order valence-electron chi connectivity index (χ1n) is 9.29. The van der Waals surface area contributed by atoms with Crippen molar-refractivity contribution in [1.29, 1.82) is 0 Å². The zero-order valence-corrected chi connectivity index (χ0v) is 16.1. The van der Waals surface area contributed by atoms with E-state index in [9.17, 15) is 9.59 Å². The van der Waals surface area contributed by atoms with Crippen LogP contribution in [0.15, 0.2) is 30.3 Å². The summed E-state index contributed by atoms with van der Waals surface area (Å²) in [5, 5.41) is 0. The number of rotatable bonds is 4. The zero-order chi connectivity index (χ0) is 17.9. The maximum absolute atomic E-state index is 12.5. The van der Waals surface area contributed by atoms with Crippen LogP contribution in [-0.4, -0.2) is 51.9 Å². The van der Waals surface area contributed by atoms with Crippen LogP contribution in [0.4, 0.5) is 0 Å². The monoisotopic (exact) mass is 360 g/mol. The maximum atomic E-state index is 12.5. The number of piperidine rings is 1. The van der Waals surface area contributed by atoms with Gasteiger partial charge in [-0.25, -0.2) is 0 Å². The predicted octanol–water partition coefficient (Wildman–Crippen LogP) is 3.17. The Morgan fingerprint density at radius 3 is 2.44 bits per heavy atom. The van der Waals surface area contributed by atoms with Crippen LogP contribution in [0.1, 0.15) is 38.7 Å². The van der Waals surface area contributed by atoms with Crippen molar-refractivity contribution in [1.82, 2.24) is 9.80 Å². The number of nitrogens with zero attached hydrogens (tertiary/aromatic N) is 2. The minimum Gasteiger partial charge on any atom is -0.342 e. The molecule has 1 aromatic carbocycles. The molecule has 1 aromatic rings. The molecule has 2 fully saturated rings. The Morgan fingerprint density at radius 1 is 1.12 bits per heavy atom. The molecule has 136 valence electrons. The minimum atomic E-state index is -0.0719. The molecule has 25 heavy (non-hydrogen) atoms. The Balaban J connectivity index is 1.54. The molecule has 0 atom stereocenters. The maximum Gasteiger partial charge on any atom is 0.226 e. The van der Waals surface area contributed by atoms with Gasteiger partial charge in [-0.15, -0.1) is 11.8 Å². The van der Waals surface area contributed by atoms with Crippen LogP contribution in [-0.2, 0) is 16.0 Å². The molecule has 1 spiro atoms. The first-order valence-corrected chi connectivity index (χ1v) is 10.3. The minimum absolute atomic E-state index is 0.0427. The number of likely N-dealkylation sites (tertiary alicyclic amines) is 1. The molecule has 0 aliphatic carbocycles. The molecule has 0 bridgehead atoms. The van der Waals surface area contributed by atoms with Crippen LogP contribution in [0.25, 0.3) is 0 Å². The van der Waals surface area contributed by atoms with Crippen molar-refractivity contribution < 1.29 is 9.59 Å². The average Bonchev–Trinajstić information content (AvgIpc) is 3.03. The molecule has 2 aliphatic heterocycles. The second-order valence-corrected chi connectivity index (χ2v) is 8.76. The summed E-state index contributed by atoms with van der Waals surface area (Å²) in [6.45, 7) is 6.33. The molecule has 0 aromatic heterocycles. The number of benzene rings is 1. The highest BCUT2D eigenvalue weighted by Crippen LogP contribution is 2.44. The fraction of sp³-hybridized carbons (Fsp3) is 0.600. The summed E-state index contributed by atoms with van der Waals surface area (Å²) in [7, 11) is 0. The molecule has 2 aliphatic rings. The fourth-order valence-corrected chi connectivity index (χ4v) is 5.27. The predicted molar refractivity (Wildman–Crippen MR) is 102 cm³/mol. The van der Waals surface area contributed by atoms with Crippen LogP contribution in [0.2, 0.25) is 0 Å². The Bertz CT molecular complexity index is 609. The highest BCUT2D eigenvalue weighted by atomic mass is 32.2. The first kappa shape index (κ1) is 18.3. The number of carbonyl (C=O) groups excluding carboxylic acids is 2. The van der Waals surface area contributed by atoms with Crippen molar-refractivity contribution in [3.8, 4) is 0 Å². The van der Waals surface area contributed by atoms with Crippen LogP contribution >= 0.6 is 11.8 Å². The summed E-state index contributed by atoms with van der Waals surface area (Å²) in [5.74, 6) is 1.55. The normalized spacial score (nSPS) is 19.6. The fourth-order valence-electron chi connectivity index (χ4n) is 3.81. The molecule has 2 saturated heterocycles. The lowest BCUT2D eigenvalue weighted by atomic mass is 9.99. The first-order chi connectivity index (χ1) is 12.0. The third-order valence-corrected chi connectivity index (χ3v) is 6.86. The van der Waals surface area contributed by atoms with Crippen molar-refractivity contribution >= 4 is 23.6 Å². The van der Waals surface area contributed by atoms with Gasteiger partial charge >= 0.3 is 0 Å². The van der Waals surface area contributed by atoms with Crippen molar-refractivity contribution in [3.05, 3.63) is 35.9 Å². The SMILES string of the molecule is CC(C)C(=O)N1CCSC12CCN(C(=O)CCc1ccccc1)CC2. The van der Waals surface area contributed by atoms with E-state index in [1.165, 1.54) is 5.56 Å². The highest BCUT2D eigenvalue weighted by Gasteiger charge is 2.47. The number of thioether (sulfide) groups is 1. The topological polar surface area (TPSA) is 40.6 Å². The molecule has 2 heterocycles. The lowest BCUT2D eigenvalue weighted by Gasteiger charge is -2.44. The van der Waals surface area contributed by atoms with Crippen LogP contribution in [0, 0.1) is 5.92 Å². The van der Waals surface area contributed by atoms with Gasteiger partial charge in [0.15, 0.2) is 0 Å². The van der Waals surface area contributed by atoms with Crippen LogP contribution in [0.3, 0.4) is 0 Å². The van der Waals surface area contributed by atoms with Crippen molar-refractivity contribution in [2.45, 2.75) is 44.4 Å².